The molecule has 0 radical (unpaired) electrons. The second kappa shape index (κ2) is 5.88. The lowest BCUT2D eigenvalue weighted by molar-refractivity contribution is 0.326. The molecule has 1 aliphatic rings. The molecule has 3 rings (SSSR count). The minimum atomic E-state index is 0.606. The molecular formula is C15H18N4O. The normalized spacial score (nSPS) is 14.6. The first-order valence-electron chi connectivity index (χ1n) is 6.90. The minimum absolute atomic E-state index is 0.606. The van der Waals surface area contributed by atoms with Gasteiger partial charge in [-0.1, -0.05) is 18.2 Å². The molecule has 104 valence electrons. The number of hydrogen-bond donors (Lipinski definition) is 1. The van der Waals surface area contributed by atoms with E-state index in [1.807, 2.05) is 13.0 Å². The number of nitrogens with zero attached hydrogens (tertiary/aromatic N) is 3. The van der Waals surface area contributed by atoms with Gasteiger partial charge >= 0.3 is 0 Å². The minimum Gasteiger partial charge on any atom is -0.478 e. The van der Waals surface area contributed by atoms with Gasteiger partial charge in [0.1, 0.15) is 0 Å². The summed E-state index contributed by atoms with van der Waals surface area (Å²) in [6.07, 6.45) is 1.74. The topological polar surface area (TPSA) is 50.3 Å². The van der Waals surface area contributed by atoms with Crippen LogP contribution < -0.4 is 15.0 Å². The first-order chi connectivity index (χ1) is 9.88. The molecule has 1 aromatic heterocycles. The van der Waals surface area contributed by atoms with Gasteiger partial charge in [0.05, 0.1) is 6.61 Å². The number of benzene rings is 1. The Morgan fingerprint density at radius 1 is 1.30 bits per heavy atom. The van der Waals surface area contributed by atoms with Crippen LogP contribution in [-0.2, 0) is 6.54 Å². The molecule has 0 bridgehead atoms. The predicted molar refractivity (Wildman–Crippen MR) is 78.4 cm³/mol. The SMILES string of the molecule is CCOc1ccnc(N2CCNCc3ccccc32)n1. The predicted octanol–water partition coefficient (Wildman–Crippen LogP) is 2.12. The monoisotopic (exact) mass is 270 g/mol. The highest BCUT2D eigenvalue weighted by Crippen LogP contribution is 2.27. The molecule has 0 fully saturated rings. The first kappa shape index (κ1) is 12.9. The second-order valence-electron chi connectivity index (χ2n) is 4.59. The molecule has 20 heavy (non-hydrogen) atoms. The largest absolute Gasteiger partial charge is 0.478 e. The Labute approximate surface area is 118 Å². The molecule has 1 aliphatic heterocycles. The summed E-state index contributed by atoms with van der Waals surface area (Å²) >= 11 is 0. The average molecular weight is 270 g/mol. The first-order valence-corrected chi connectivity index (χ1v) is 6.90. The molecule has 2 aromatic rings. The highest BCUT2D eigenvalue weighted by Gasteiger charge is 2.18. The van der Waals surface area contributed by atoms with Gasteiger partial charge in [-0.15, -0.1) is 0 Å². The molecule has 5 heteroatoms. The molecule has 0 saturated heterocycles. The van der Waals surface area contributed by atoms with Crippen molar-refractivity contribution in [2.75, 3.05) is 24.6 Å². The Bertz CT molecular complexity index is 588. The van der Waals surface area contributed by atoms with Crippen LogP contribution in [0.25, 0.3) is 0 Å². The van der Waals surface area contributed by atoms with Crippen LogP contribution in [0.5, 0.6) is 5.88 Å². The van der Waals surface area contributed by atoms with Crippen molar-refractivity contribution in [3.8, 4) is 5.88 Å². The van der Waals surface area contributed by atoms with Crippen LogP contribution in [0, 0.1) is 0 Å². The molecule has 0 saturated carbocycles. The summed E-state index contributed by atoms with van der Waals surface area (Å²) in [6, 6.07) is 10.1. The smallest absolute Gasteiger partial charge is 0.233 e. The highest BCUT2D eigenvalue weighted by molar-refractivity contribution is 5.62. The third-order valence-corrected chi connectivity index (χ3v) is 3.26. The fraction of sp³-hybridized carbons (Fsp3) is 0.333. The fourth-order valence-electron chi connectivity index (χ4n) is 2.36. The zero-order valence-electron chi connectivity index (χ0n) is 11.5. The zero-order valence-corrected chi connectivity index (χ0v) is 11.5. The Balaban J connectivity index is 1.98. The quantitative estimate of drug-likeness (QED) is 0.925. The van der Waals surface area contributed by atoms with Gasteiger partial charge in [-0.05, 0) is 18.6 Å². The van der Waals surface area contributed by atoms with Crippen molar-refractivity contribution in [3.63, 3.8) is 0 Å². The van der Waals surface area contributed by atoms with Gasteiger partial charge in [0.25, 0.3) is 0 Å². The van der Waals surface area contributed by atoms with Crippen LogP contribution in [0.1, 0.15) is 12.5 Å². The van der Waals surface area contributed by atoms with E-state index < -0.39 is 0 Å². The lowest BCUT2D eigenvalue weighted by Gasteiger charge is -2.22. The maximum atomic E-state index is 5.46. The number of ether oxygens (including phenoxy) is 1. The van der Waals surface area contributed by atoms with Crippen LogP contribution in [0.4, 0.5) is 11.6 Å². The molecule has 5 nitrogen and oxygen atoms in total. The van der Waals surface area contributed by atoms with E-state index in [1.165, 1.54) is 5.56 Å². The van der Waals surface area contributed by atoms with Crippen LogP contribution in [0.15, 0.2) is 36.5 Å². The van der Waals surface area contributed by atoms with Crippen molar-refractivity contribution in [1.29, 1.82) is 0 Å². The zero-order chi connectivity index (χ0) is 13.8. The summed E-state index contributed by atoms with van der Waals surface area (Å²) in [5.74, 6) is 1.30. The maximum absolute atomic E-state index is 5.46. The van der Waals surface area contributed by atoms with Gasteiger partial charge < -0.3 is 15.0 Å². The number of aromatic nitrogens is 2. The van der Waals surface area contributed by atoms with Crippen molar-refractivity contribution in [2.45, 2.75) is 13.5 Å². The lowest BCUT2D eigenvalue weighted by Crippen LogP contribution is -2.26. The molecule has 0 aliphatic carbocycles. The number of hydrogen-bond acceptors (Lipinski definition) is 5. The summed E-state index contributed by atoms with van der Waals surface area (Å²) in [6.45, 7) is 5.17. The fourth-order valence-corrected chi connectivity index (χ4v) is 2.36. The average Bonchev–Trinajstić information content (AvgIpc) is 2.70. The highest BCUT2D eigenvalue weighted by atomic mass is 16.5. The van der Waals surface area contributed by atoms with Crippen molar-refractivity contribution < 1.29 is 4.74 Å². The van der Waals surface area contributed by atoms with Crippen molar-refractivity contribution in [1.82, 2.24) is 15.3 Å². The van der Waals surface area contributed by atoms with Crippen LogP contribution >= 0.6 is 0 Å². The van der Waals surface area contributed by atoms with Crippen molar-refractivity contribution >= 4 is 11.6 Å². The van der Waals surface area contributed by atoms with Gasteiger partial charge in [-0.3, -0.25) is 0 Å². The molecule has 1 aromatic carbocycles. The van der Waals surface area contributed by atoms with Crippen LogP contribution in [-0.4, -0.2) is 29.7 Å². The second-order valence-corrected chi connectivity index (χ2v) is 4.59. The summed E-state index contributed by atoms with van der Waals surface area (Å²) in [5, 5.41) is 3.41. The third kappa shape index (κ3) is 2.58. The summed E-state index contributed by atoms with van der Waals surface area (Å²) in [7, 11) is 0. The number of para-hydroxylation sites is 1. The number of anilines is 2. The number of nitrogens with one attached hydrogen (secondary N) is 1. The maximum Gasteiger partial charge on any atom is 0.233 e. The molecule has 0 unspecified atom stereocenters. The Morgan fingerprint density at radius 2 is 2.20 bits per heavy atom. The third-order valence-electron chi connectivity index (χ3n) is 3.26. The molecule has 2 heterocycles. The van der Waals surface area contributed by atoms with E-state index in [2.05, 4.69) is 38.4 Å². The Hall–Kier alpha value is -2.14. The molecular weight excluding hydrogens is 252 g/mol. The molecule has 0 amide bonds. The van der Waals surface area contributed by atoms with E-state index in [1.54, 1.807) is 12.3 Å². The van der Waals surface area contributed by atoms with E-state index in [-0.39, 0.29) is 0 Å². The van der Waals surface area contributed by atoms with Crippen molar-refractivity contribution in [3.05, 3.63) is 42.1 Å². The lowest BCUT2D eigenvalue weighted by atomic mass is 10.1. The standard InChI is InChI=1S/C15H18N4O/c1-2-20-14-7-8-17-15(18-14)19-10-9-16-11-12-5-3-4-6-13(12)19/h3-8,16H,2,9-11H2,1H3. The van der Waals surface area contributed by atoms with Gasteiger partial charge in [0, 0.05) is 37.6 Å². The summed E-state index contributed by atoms with van der Waals surface area (Å²) < 4.78 is 5.46. The number of rotatable bonds is 3. The number of fused-ring (bicyclic) bond motifs is 1. The van der Waals surface area contributed by atoms with E-state index in [0.717, 1.165) is 25.3 Å². The Morgan fingerprint density at radius 3 is 3.10 bits per heavy atom. The van der Waals surface area contributed by atoms with Gasteiger partial charge in [-0.2, -0.15) is 4.98 Å². The summed E-state index contributed by atoms with van der Waals surface area (Å²) in [4.78, 5) is 11.0. The molecule has 0 atom stereocenters. The van der Waals surface area contributed by atoms with Crippen LogP contribution in [0.3, 0.4) is 0 Å². The van der Waals surface area contributed by atoms with E-state index >= 15 is 0 Å². The van der Waals surface area contributed by atoms with Crippen molar-refractivity contribution in [2.24, 2.45) is 0 Å². The van der Waals surface area contributed by atoms with Gasteiger partial charge in [0.15, 0.2) is 0 Å². The van der Waals surface area contributed by atoms with Gasteiger partial charge in [0.2, 0.25) is 11.8 Å². The van der Waals surface area contributed by atoms with E-state index in [9.17, 15) is 0 Å². The van der Waals surface area contributed by atoms with E-state index in [4.69, 9.17) is 4.74 Å². The Kier molecular flexibility index (Phi) is 3.78. The van der Waals surface area contributed by atoms with Gasteiger partial charge in [-0.25, -0.2) is 4.98 Å². The summed E-state index contributed by atoms with van der Waals surface area (Å²) in [5.41, 5.74) is 2.42. The molecule has 1 N–H and O–H groups in total. The molecule has 0 spiro atoms. The van der Waals surface area contributed by atoms with E-state index in [0.29, 0.717) is 18.4 Å². The van der Waals surface area contributed by atoms with Crippen LogP contribution in [0.2, 0.25) is 0 Å².